The van der Waals surface area contributed by atoms with E-state index in [1.807, 2.05) is 6.92 Å². The molecule has 0 aliphatic carbocycles. The molecule has 0 saturated carbocycles. The van der Waals surface area contributed by atoms with Crippen LogP contribution in [0.2, 0.25) is 0 Å². The van der Waals surface area contributed by atoms with Crippen molar-refractivity contribution in [2.75, 3.05) is 6.61 Å². The fourth-order valence-electron chi connectivity index (χ4n) is 0.519. The van der Waals surface area contributed by atoms with Crippen LogP contribution >= 0.6 is 23.1 Å². The lowest BCUT2D eigenvalue weighted by atomic mass is 10.5. The number of hydrogen-bond acceptors (Lipinski definition) is 3. The van der Waals surface area contributed by atoms with Gasteiger partial charge >= 0.3 is 0 Å². The van der Waals surface area contributed by atoms with E-state index >= 15 is 0 Å². The zero-order chi connectivity index (χ0) is 9.19. The van der Waals surface area contributed by atoms with E-state index < -0.39 is 5.83 Å². The predicted molar refractivity (Wildman–Crippen MR) is 42.8 cm³/mol. The molecule has 0 bridgehead atoms. The molecule has 1 aromatic heterocycles. The lowest BCUT2D eigenvalue weighted by Gasteiger charge is -1.92. The molecule has 0 atom stereocenters. The Bertz CT molecular complexity index is 260. The zero-order valence-corrected chi connectivity index (χ0v) is 7.00. The molecule has 0 amide bonds. The quantitative estimate of drug-likeness (QED) is 0.668. The van der Waals surface area contributed by atoms with Gasteiger partial charge in [-0.05, 0) is 18.5 Å². The number of rotatable bonds is 3. The number of alkyl halides is 1. The van der Waals surface area contributed by atoms with Crippen LogP contribution < -0.4 is 4.74 Å². The summed E-state index contributed by atoms with van der Waals surface area (Å²) >= 11 is 6.43. The highest BCUT2D eigenvalue weighted by atomic mass is 35.5. The van der Waals surface area contributed by atoms with Crippen molar-refractivity contribution in [3.05, 3.63) is 10.9 Å². The van der Waals surface area contributed by atoms with Crippen molar-refractivity contribution < 1.29 is 7.48 Å². The van der Waals surface area contributed by atoms with Crippen molar-refractivity contribution in [1.29, 1.82) is 0 Å². The average Bonchev–Trinajstić information content (AvgIpc) is 2.35. The van der Waals surface area contributed by atoms with Gasteiger partial charge in [0.05, 0.1) is 12.4 Å². The maximum atomic E-state index is 7.17. The van der Waals surface area contributed by atoms with Crippen LogP contribution in [0.1, 0.15) is 14.5 Å². The first kappa shape index (κ1) is 5.38. The van der Waals surface area contributed by atoms with Crippen molar-refractivity contribution in [2.45, 2.75) is 12.8 Å². The van der Waals surface area contributed by atoms with Gasteiger partial charge in [0.1, 0.15) is 0 Å². The molecule has 0 unspecified atom stereocenters. The molecule has 56 valence electrons. The number of nitrogens with zero attached hydrogens (tertiary/aromatic N) is 1. The molecule has 0 aromatic carbocycles. The Morgan fingerprint density at radius 1 is 2.00 bits per heavy atom. The van der Waals surface area contributed by atoms with Gasteiger partial charge in [-0.3, -0.25) is 0 Å². The van der Waals surface area contributed by atoms with Crippen LogP contribution in [0.5, 0.6) is 5.88 Å². The molecule has 0 N–H and O–H groups in total. The number of aromatic nitrogens is 1. The zero-order valence-electron chi connectivity index (χ0n) is 7.43. The fourth-order valence-corrected chi connectivity index (χ4v) is 1.16. The highest BCUT2D eigenvalue weighted by molar-refractivity contribution is 7.06. The van der Waals surface area contributed by atoms with Gasteiger partial charge in [0.15, 0.2) is 0 Å². The smallest absolute Gasteiger partial charge is 0.225 e. The minimum atomic E-state index is -1.84. The monoisotopic (exact) mass is 181 g/mol. The summed E-state index contributed by atoms with van der Waals surface area (Å²) in [4.78, 5) is 0.368. The van der Waals surface area contributed by atoms with Crippen molar-refractivity contribution in [3.8, 4) is 5.88 Å². The Hall–Kier alpha value is -0.280. The third-order valence-corrected chi connectivity index (χ3v) is 1.88. The van der Waals surface area contributed by atoms with Gasteiger partial charge in [-0.15, -0.1) is 11.6 Å². The largest absolute Gasteiger partial charge is 0.477 e. The number of hydrogen-bond donors (Lipinski definition) is 0. The molecular formula is C6H8ClNOS. The Morgan fingerprint density at radius 2 is 2.80 bits per heavy atom. The molecule has 0 saturated heterocycles. The first-order chi connectivity index (χ1) is 5.54. The topological polar surface area (TPSA) is 22.1 Å². The Kier molecular flexibility index (Phi) is 2.04. The molecule has 0 aliphatic heterocycles. The normalized spacial score (nSPS) is 14.2. The first-order valence-electron chi connectivity index (χ1n) is 3.83. The maximum absolute atomic E-state index is 7.17. The van der Waals surface area contributed by atoms with E-state index in [-0.39, 0.29) is 0 Å². The highest BCUT2D eigenvalue weighted by Crippen LogP contribution is 2.17. The fraction of sp³-hybridized carbons (Fsp3) is 0.500. The Morgan fingerprint density at radius 3 is 3.30 bits per heavy atom. The number of halogens is 1. The van der Waals surface area contributed by atoms with Gasteiger partial charge in [0, 0.05) is 13.7 Å². The summed E-state index contributed by atoms with van der Waals surface area (Å²) in [5.74, 6) is -1.41. The summed E-state index contributed by atoms with van der Waals surface area (Å²) in [6.45, 7) is 2.36. The average molecular weight is 182 g/mol. The second kappa shape index (κ2) is 3.78. The lowest BCUT2D eigenvalue weighted by molar-refractivity contribution is 0.330. The Labute approximate surface area is 71.8 Å². The van der Waals surface area contributed by atoms with E-state index in [1.54, 1.807) is 0 Å². The van der Waals surface area contributed by atoms with Crippen molar-refractivity contribution in [1.82, 2.24) is 4.37 Å². The van der Waals surface area contributed by atoms with Crippen LogP contribution in [0, 0.1) is 0 Å². The molecular weight excluding hydrogens is 170 g/mol. The van der Waals surface area contributed by atoms with E-state index in [4.69, 9.17) is 19.1 Å². The summed E-state index contributed by atoms with van der Waals surface area (Å²) in [7, 11) is 0. The van der Waals surface area contributed by atoms with Crippen LogP contribution in [-0.4, -0.2) is 11.0 Å². The minimum Gasteiger partial charge on any atom is -0.477 e. The molecule has 0 fully saturated rings. The van der Waals surface area contributed by atoms with Crippen molar-refractivity contribution in [2.24, 2.45) is 0 Å². The van der Waals surface area contributed by atoms with Gasteiger partial charge < -0.3 is 4.74 Å². The second-order valence-corrected chi connectivity index (χ2v) is 2.55. The van der Waals surface area contributed by atoms with Crippen LogP contribution in [0.15, 0.2) is 6.07 Å². The molecule has 1 aromatic rings. The second-order valence-electron chi connectivity index (χ2n) is 1.56. The molecule has 0 radical (unpaired) electrons. The van der Waals surface area contributed by atoms with Gasteiger partial charge in [-0.25, -0.2) is 0 Å². The van der Waals surface area contributed by atoms with Gasteiger partial charge in [-0.2, -0.15) is 4.37 Å². The summed E-state index contributed by atoms with van der Waals surface area (Å²) in [5.41, 5.74) is 0. The van der Waals surface area contributed by atoms with E-state index in [1.165, 1.54) is 6.07 Å². The van der Waals surface area contributed by atoms with Crippen LogP contribution in [0.4, 0.5) is 0 Å². The van der Waals surface area contributed by atoms with Crippen LogP contribution in [0.3, 0.4) is 0 Å². The predicted octanol–water partition coefficient (Wildman–Crippen LogP) is 2.28. The van der Waals surface area contributed by atoms with E-state index in [2.05, 4.69) is 4.37 Å². The third-order valence-electron chi connectivity index (χ3n) is 0.874. The molecule has 1 rings (SSSR count). The summed E-state index contributed by atoms with van der Waals surface area (Å²) in [6.07, 6.45) is 0. The standard InChI is InChI=1S/C6H8ClNOS/c1-2-9-6-3-5(4-7)10-8-6/h3H,2,4H2,1H3/i4T2. The third kappa shape index (κ3) is 1.85. The van der Waals surface area contributed by atoms with Gasteiger partial charge in [0.2, 0.25) is 5.88 Å². The first-order valence-corrected chi connectivity index (χ1v) is 3.98. The molecule has 2 nitrogen and oxygen atoms in total. The maximum Gasteiger partial charge on any atom is 0.225 e. The Balaban J connectivity index is 2.77. The van der Waals surface area contributed by atoms with Gasteiger partial charge in [0.25, 0.3) is 0 Å². The lowest BCUT2D eigenvalue weighted by Crippen LogP contribution is -1.89. The van der Waals surface area contributed by atoms with E-state index in [0.717, 1.165) is 11.5 Å². The molecule has 1 heterocycles. The minimum absolute atomic E-state index is 0.368. The molecule has 4 heteroatoms. The van der Waals surface area contributed by atoms with Crippen LogP contribution in [-0.2, 0) is 5.83 Å². The van der Waals surface area contributed by atoms with Crippen molar-refractivity contribution >= 4 is 23.1 Å². The SMILES string of the molecule is [3H]C([3H])(Cl)c1cc(OCC)ns1. The molecule has 0 spiro atoms. The van der Waals surface area contributed by atoms with Crippen LogP contribution in [0.25, 0.3) is 0 Å². The van der Waals surface area contributed by atoms with E-state index in [0.29, 0.717) is 17.4 Å². The number of ether oxygens (including phenoxy) is 1. The summed E-state index contributed by atoms with van der Waals surface area (Å²) in [6, 6.07) is 1.52. The summed E-state index contributed by atoms with van der Waals surface area (Å²) < 4.78 is 23.3. The van der Waals surface area contributed by atoms with Gasteiger partial charge in [-0.1, -0.05) is 0 Å². The highest BCUT2D eigenvalue weighted by Gasteiger charge is 1.98. The van der Waals surface area contributed by atoms with E-state index in [9.17, 15) is 0 Å². The summed E-state index contributed by atoms with van der Waals surface area (Å²) in [5, 5.41) is 0. The molecule has 0 aliphatic rings. The molecule has 10 heavy (non-hydrogen) atoms. The van der Waals surface area contributed by atoms with Crippen molar-refractivity contribution in [3.63, 3.8) is 0 Å².